The summed E-state index contributed by atoms with van der Waals surface area (Å²) in [4.78, 5) is 11.1. The van der Waals surface area contributed by atoms with Gasteiger partial charge in [0, 0.05) is 11.8 Å². The average molecular weight is 261 g/mol. The molecule has 0 saturated carbocycles. The Morgan fingerprint density at radius 3 is 2.63 bits per heavy atom. The number of aromatic carboxylic acids is 1. The Labute approximate surface area is 111 Å². The van der Waals surface area contributed by atoms with Crippen LogP contribution in [0, 0.1) is 0 Å². The molecule has 0 atom stereocenters. The molecule has 0 radical (unpaired) electrons. The van der Waals surface area contributed by atoms with E-state index in [0.29, 0.717) is 18.0 Å². The second-order valence-corrected chi connectivity index (χ2v) is 3.98. The summed E-state index contributed by atoms with van der Waals surface area (Å²) in [6.45, 7) is 0.412. The van der Waals surface area contributed by atoms with Gasteiger partial charge < -0.3 is 19.1 Å². The smallest absolute Gasteiger partial charge is 0.352 e. The van der Waals surface area contributed by atoms with Crippen LogP contribution < -0.4 is 9.47 Å². The molecule has 1 heterocycles. The number of methoxy groups -OCH3 is 2. The molecule has 1 N–H and O–H groups in total. The molecule has 19 heavy (non-hydrogen) atoms. The van der Waals surface area contributed by atoms with Gasteiger partial charge in [0.05, 0.1) is 20.8 Å². The van der Waals surface area contributed by atoms with Crippen LogP contribution in [0.2, 0.25) is 0 Å². The number of hydrogen-bond donors (Lipinski definition) is 1. The van der Waals surface area contributed by atoms with E-state index in [0.717, 1.165) is 5.56 Å². The first kappa shape index (κ1) is 13.0. The Morgan fingerprint density at radius 1 is 1.21 bits per heavy atom. The Balaban J connectivity index is 2.38. The van der Waals surface area contributed by atoms with Crippen LogP contribution in [0.4, 0.5) is 0 Å². The van der Waals surface area contributed by atoms with Crippen LogP contribution >= 0.6 is 0 Å². The highest BCUT2D eigenvalue weighted by atomic mass is 16.5. The van der Waals surface area contributed by atoms with Crippen molar-refractivity contribution in [3.63, 3.8) is 0 Å². The lowest BCUT2D eigenvalue weighted by molar-refractivity contribution is 0.0685. The van der Waals surface area contributed by atoms with Crippen molar-refractivity contribution in [1.82, 2.24) is 4.57 Å². The van der Waals surface area contributed by atoms with Crippen molar-refractivity contribution in [2.24, 2.45) is 0 Å². The van der Waals surface area contributed by atoms with Gasteiger partial charge in [-0.15, -0.1) is 0 Å². The lowest BCUT2D eigenvalue weighted by Gasteiger charge is -2.13. The zero-order valence-corrected chi connectivity index (χ0v) is 10.8. The first-order valence-corrected chi connectivity index (χ1v) is 5.75. The van der Waals surface area contributed by atoms with Crippen LogP contribution in [0.25, 0.3) is 0 Å². The van der Waals surface area contributed by atoms with Gasteiger partial charge in [0.25, 0.3) is 0 Å². The second-order valence-electron chi connectivity index (χ2n) is 3.98. The molecule has 0 aliphatic carbocycles. The zero-order chi connectivity index (χ0) is 13.8. The molecule has 0 fully saturated rings. The number of carbonyl (C=O) groups is 1. The summed E-state index contributed by atoms with van der Waals surface area (Å²) in [6, 6.07) is 8.80. The number of ether oxygens (including phenoxy) is 2. The van der Waals surface area contributed by atoms with Gasteiger partial charge in [-0.25, -0.2) is 4.79 Å². The molecule has 0 aliphatic rings. The highest BCUT2D eigenvalue weighted by molar-refractivity contribution is 5.85. The largest absolute Gasteiger partial charge is 0.493 e. The minimum Gasteiger partial charge on any atom is -0.493 e. The highest BCUT2D eigenvalue weighted by Crippen LogP contribution is 2.31. The van der Waals surface area contributed by atoms with Gasteiger partial charge >= 0.3 is 5.97 Å². The minimum atomic E-state index is -0.952. The molecule has 5 nitrogen and oxygen atoms in total. The van der Waals surface area contributed by atoms with Crippen molar-refractivity contribution < 1.29 is 19.4 Å². The fourth-order valence-corrected chi connectivity index (χ4v) is 2.01. The number of benzene rings is 1. The summed E-state index contributed by atoms with van der Waals surface area (Å²) in [5, 5.41) is 9.08. The lowest BCUT2D eigenvalue weighted by atomic mass is 10.2. The molecule has 100 valence electrons. The maximum absolute atomic E-state index is 11.1. The fourth-order valence-electron chi connectivity index (χ4n) is 2.01. The van der Waals surface area contributed by atoms with E-state index in [4.69, 9.17) is 14.6 Å². The summed E-state index contributed by atoms with van der Waals surface area (Å²) < 4.78 is 12.2. The zero-order valence-electron chi connectivity index (χ0n) is 10.8. The number of rotatable bonds is 5. The number of aromatic nitrogens is 1. The van der Waals surface area contributed by atoms with E-state index >= 15 is 0 Å². The Bertz CT molecular complexity index is 589. The van der Waals surface area contributed by atoms with Crippen molar-refractivity contribution in [3.8, 4) is 11.5 Å². The van der Waals surface area contributed by atoms with Gasteiger partial charge in [-0.3, -0.25) is 0 Å². The van der Waals surface area contributed by atoms with E-state index in [1.54, 1.807) is 43.2 Å². The summed E-state index contributed by atoms with van der Waals surface area (Å²) in [5.74, 6) is 0.297. The first-order chi connectivity index (χ1) is 9.17. The molecule has 5 heteroatoms. The van der Waals surface area contributed by atoms with E-state index in [1.807, 2.05) is 12.1 Å². The van der Waals surface area contributed by atoms with Gasteiger partial charge in [0.1, 0.15) is 5.69 Å². The van der Waals surface area contributed by atoms with E-state index in [2.05, 4.69) is 0 Å². The SMILES string of the molecule is COc1cccc(Cn2cccc2C(=O)O)c1OC. The Kier molecular flexibility index (Phi) is 3.75. The third kappa shape index (κ3) is 2.54. The molecule has 0 unspecified atom stereocenters. The highest BCUT2D eigenvalue weighted by Gasteiger charge is 2.13. The normalized spacial score (nSPS) is 10.2. The predicted molar refractivity (Wildman–Crippen MR) is 70.0 cm³/mol. The number of nitrogens with zero attached hydrogens (tertiary/aromatic N) is 1. The number of carboxylic acid groups (broad SMARTS) is 1. The molecule has 0 bridgehead atoms. The first-order valence-electron chi connectivity index (χ1n) is 5.75. The van der Waals surface area contributed by atoms with Crippen LogP contribution in [0.3, 0.4) is 0 Å². The molecule has 1 aromatic carbocycles. The van der Waals surface area contributed by atoms with Gasteiger partial charge in [-0.1, -0.05) is 12.1 Å². The molecule has 2 aromatic rings. The minimum absolute atomic E-state index is 0.241. The summed E-state index contributed by atoms with van der Waals surface area (Å²) >= 11 is 0. The van der Waals surface area contributed by atoms with Gasteiger partial charge in [-0.05, 0) is 18.2 Å². The molecule has 0 amide bonds. The fraction of sp³-hybridized carbons (Fsp3) is 0.214. The number of para-hydroxylation sites is 1. The van der Waals surface area contributed by atoms with Crippen molar-refractivity contribution in [3.05, 3.63) is 47.8 Å². The van der Waals surface area contributed by atoms with Crippen molar-refractivity contribution >= 4 is 5.97 Å². The average Bonchev–Trinajstić information content (AvgIpc) is 2.86. The van der Waals surface area contributed by atoms with Gasteiger partial charge in [-0.2, -0.15) is 0 Å². The van der Waals surface area contributed by atoms with E-state index in [-0.39, 0.29) is 5.69 Å². The predicted octanol–water partition coefficient (Wildman–Crippen LogP) is 2.25. The molecule has 1 aromatic heterocycles. The second kappa shape index (κ2) is 5.48. The standard InChI is InChI=1S/C14H15NO4/c1-18-12-7-3-5-10(13(12)19-2)9-15-8-4-6-11(15)14(16)17/h3-8H,9H2,1-2H3,(H,16,17). The lowest BCUT2D eigenvalue weighted by Crippen LogP contribution is -2.09. The quantitative estimate of drug-likeness (QED) is 0.896. The number of carboxylic acids is 1. The van der Waals surface area contributed by atoms with Crippen LogP contribution in [0.1, 0.15) is 16.1 Å². The van der Waals surface area contributed by atoms with Crippen molar-refractivity contribution in [1.29, 1.82) is 0 Å². The van der Waals surface area contributed by atoms with Crippen LogP contribution in [-0.4, -0.2) is 29.9 Å². The van der Waals surface area contributed by atoms with Crippen LogP contribution in [0.15, 0.2) is 36.5 Å². The maximum Gasteiger partial charge on any atom is 0.352 e. The number of hydrogen-bond acceptors (Lipinski definition) is 3. The van der Waals surface area contributed by atoms with E-state index < -0.39 is 5.97 Å². The summed E-state index contributed by atoms with van der Waals surface area (Å²) in [5.41, 5.74) is 1.10. The van der Waals surface area contributed by atoms with E-state index in [1.165, 1.54) is 0 Å². The Hall–Kier alpha value is -2.43. The third-order valence-electron chi connectivity index (χ3n) is 2.87. The molecule has 2 rings (SSSR count). The molecule has 0 spiro atoms. The van der Waals surface area contributed by atoms with E-state index in [9.17, 15) is 4.79 Å². The van der Waals surface area contributed by atoms with Crippen molar-refractivity contribution in [2.75, 3.05) is 14.2 Å². The molecule has 0 aliphatic heterocycles. The molecule has 0 saturated heterocycles. The molecular formula is C14H15NO4. The molecular weight excluding hydrogens is 246 g/mol. The summed E-state index contributed by atoms with van der Waals surface area (Å²) in [6.07, 6.45) is 1.72. The maximum atomic E-state index is 11.1. The topological polar surface area (TPSA) is 60.7 Å². The van der Waals surface area contributed by atoms with Crippen LogP contribution in [0.5, 0.6) is 11.5 Å². The van der Waals surface area contributed by atoms with Gasteiger partial charge in [0.15, 0.2) is 11.5 Å². The Morgan fingerprint density at radius 2 is 2.00 bits per heavy atom. The third-order valence-corrected chi connectivity index (χ3v) is 2.87. The van der Waals surface area contributed by atoms with Crippen LogP contribution in [-0.2, 0) is 6.54 Å². The summed E-state index contributed by atoms with van der Waals surface area (Å²) in [7, 11) is 3.13. The van der Waals surface area contributed by atoms with Crippen molar-refractivity contribution in [2.45, 2.75) is 6.54 Å². The van der Waals surface area contributed by atoms with Gasteiger partial charge in [0.2, 0.25) is 0 Å². The monoisotopic (exact) mass is 261 g/mol.